The van der Waals surface area contributed by atoms with Gasteiger partial charge in [-0.3, -0.25) is 9.36 Å². The van der Waals surface area contributed by atoms with Crippen LogP contribution in [0.5, 0.6) is 17.2 Å². The highest BCUT2D eigenvalue weighted by Gasteiger charge is 2.17. The Morgan fingerprint density at radius 1 is 0.970 bits per heavy atom. The average molecular weight is 452 g/mol. The summed E-state index contributed by atoms with van der Waals surface area (Å²) in [6, 6.07) is 13.7. The largest absolute Gasteiger partial charge is 0.493 e. The molecule has 0 aliphatic heterocycles. The van der Waals surface area contributed by atoms with Crippen LogP contribution in [0.15, 0.2) is 63.8 Å². The summed E-state index contributed by atoms with van der Waals surface area (Å²) < 4.78 is 35.8. The second kappa shape index (κ2) is 9.07. The molecule has 0 atom stereocenters. The van der Waals surface area contributed by atoms with Crippen molar-refractivity contribution in [3.8, 4) is 17.2 Å². The van der Waals surface area contributed by atoms with E-state index in [9.17, 15) is 14.0 Å². The molecule has 0 aliphatic rings. The van der Waals surface area contributed by atoms with Crippen LogP contribution in [-0.2, 0) is 6.54 Å². The topological polar surface area (TPSA) is 91.9 Å². The molecule has 8 nitrogen and oxygen atoms in total. The van der Waals surface area contributed by atoms with Crippen molar-refractivity contribution in [1.29, 1.82) is 0 Å². The van der Waals surface area contributed by atoms with Crippen molar-refractivity contribution < 1.29 is 27.8 Å². The first-order chi connectivity index (χ1) is 15.9. The number of oxazole rings is 1. The van der Waals surface area contributed by atoms with Crippen LogP contribution in [0.3, 0.4) is 0 Å². The van der Waals surface area contributed by atoms with Gasteiger partial charge in [-0.25, -0.2) is 9.18 Å². The molecule has 3 aromatic carbocycles. The Kier molecular flexibility index (Phi) is 6.03. The molecule has 0 aliphatic carbocycles. The number of ether oxygens (including phenoxy) is 3. The van der Waals surface area contributed by atoms with E-state index in [1.54, 1.807) is 42.5 Å². The summed E-state index contributed by atoms with van der Waals surface area (Å²) in [5, 5.41) is 2.79. The number of halogens is 1. The first-order valence-electron chi connectivity index (χ1n) is 9.92. The number of nitrogens with one attached hydrogen (secondary N) is 1. The predicted octanol–water partition coefficient (Wildman–Crippen LogP) is 4.06. The average Bonchev–Trinajstić information content (AvgIpc) is 3.13. The van der Waals surface area contributed by atoms with Gasteiger partial charge in [0.2, 0.25) is 5.75 Å². The third-order valence-electron chi connectivity index (χ3n) is 5.11. The third kappa shape index (κ3) is 4.38. The Morgan fingerprint density at radius 3 is 2.24 bits per heavy atom. The van der Waals surface area contributed by atoms with Crippen LogP contribution in [0.25, 0.3) is 11.1 Å². The zero-order valence-electron chi connectivity index (χ0n) is 18.2. The summed E-state index contributed by atoms with van der Waals surface area (Å²) in [7, 11) is 4.45. The van der Waals surface area contributed by atoms with Crippen LogP contribution < -0.4 is 25.3 Å². The summed E-state index contributed by atoms with van der Waals surface area (Å²) in [6.45, 7) is 0.171. The quantitative estimate of drug-likeness (QED) is 0.455. The zero-order chi connectivity index (χ0) is 23.5. The van der Waals surface area contributed by atoms with Gasteiger partial charge in [0.15, 0.2) is 17.1 Å². The summed E-state index contributed by atoms with van der Waals surface area (Å²) >= 11 is 0. The van der Waals surface area contributed by atoms with E-state index in [4.69, 9.17) is 18.6 Å². The number of benzene rings is 3. The second-order valence-electron chi connectivity index (χ2n) is 7.13. The van der Waals surface area contributed by atoms with Gasteiger partial charge in [-0.2, -0.15) is 0 Å². The van der Waals surface area contributed by atoms with Gasteiger partial charge in [-0.15, -0.1) is 0 Å². The first-order valence-corrected chi connectivity index (χ1v) is 9.92. The lowest BCUT2D eigenvalue weighted by molar-refractivity contribution is 0.102. The van der Waals surface area contributed by atoms with Crippen LogP contribution in [-0.4, -0.2) is 31.8 Å². The van der Waals surface area contributed by atoms with Crippen molar-refractivity contribution in [2.24, 2.45) is 0 Å². The van der Waals surface area contributed by atoms with Crippen molar-refractivity contribution >= 4 is 22.7 Å². The van der Waals surface area contributed by atoms with Crippen molar-refractivity contribution in [3.63, 3.8) is 0 Å². The number of aromatic nitrogens is 1. The molecule has 1 aromatic heterocycles. The van der Waals surface area contributed by atoms with E-state index in [0.717, 1.165) is 0 Å². The van der Waals surface area contributed by atoms with Crippen molar-refractivity contribution in [1.82, 2.24) is 4.57 Å². The van der Waals surface area contributed by atoms with Crippen LogP contribution >= 0.6 is 0 Å². The maximum absolute atomic E-state index is 13.2. The molecule has 0 fully saturated rings. The minimum absolute atomic E-state index is 0.171. The molecule has 0 radical (unpaired) electrons. The Labute approximate surface area is 188 Å². The SMILES string of the molecule is COc1cc(NC(=O)c2ccc3oc(=O)n(Cc4ccc(F)cc4)c3c2)cc(OC)c1OC. The van der Waals surface area contributed by atoms with E-state index < -0.39 is 11.7 Å². The molecule has 9 heteroatoms. The van der Waals surface area contributed by atoms with E-state index in [0.29, 0.717) is 45.2 Å². The van der Waals surface area contributed by atoms with Crippen LogP contribution in [0.2, 0.25) is 0 Å². The monoisotopic (exact) mass is 452 g/mol. The number of methoxy groups -OCH3 is 3. The molecular formula is C24H21FN2O6. The lowest BCUT2D eigenvalue weighted by Crippen LogP contribution is -2.16. The van der Waals surface area contributed by atoms with Crippen LogP contribution in [0.4, 0.5) is 10.1 Å². The number of amides is 1. The Bertz CT molecular complexity index is 1350. The van der Waals surface area contributed by atoms with E-state index in [2.05, 4.69) is 5.32 Å². The number of hydrogen-bond donors (Lipinski definition) is 1. The normalized spacial score (nSPS) is 10.8. The standard InChI is InChI=1S/C24H21FN2O6/c1-30-20-11-17(12-21(31-2)22(20)32-3)26-23(28)15-6-9-19-18(10-15)27(24(29)33-19)13-14-4-7-16(25)8-5-14/h4-12H,13H2,1-3H3,(H,26,28). The number of carbonyl (C=O) groups excluding carboxylic acids is 1. The van der Waals surface area contributed by atoms with Gasteiger partial charge < -0.3 is 23.9 Å². The number of fused-ring (bicyclic) bond motifs is 1. The maximum atomic E-state index is 13.2. The van der Waals surface area contributed by atoms with E-state index in [-0.39, 0.29) is 12.4 Å². The second-order valence-corrected chi connectivity index (χ2v) is 7.13. The summed E-state index contributed by atoms with van der Waals surface area (Å²) in [5.74, 6) is -0.155. The molecule has 4 aromatic rings. The third-order valence-corrected chi connectivity index (χ3v) is 5.11. The van der Waals surface area contributed by atoms with Gasteiger partial charge in [0.05, 0.1) is 33.4 Å². The van der Waals surface area contributed by atoms with Crippen molar-refractivity contribution in [3.05, 3.63) is 82.1 Å². The van der Waals surface area contributed by atoms with E-state index in [1.807, 2.05) is 0 Å². The molecule has 0 saturated heterocycles. The molecule has 170 valence electrons. The van der Waals surface area contributed by atoms with Gasteiger partial charge in [-0.05, 0) is 35.9 Å². The van der Waals surface area contributed by atoms with Crippen molar-refractivity contribution in [2.75, 3.05) is 26.6 Å². The lowest BCUT2D eigenvalue weighted by atomic mass is 10.1. The van der Waals surface area contributed by atoms with Gasteiger partial charge in [0, 0.05) is 23.4 Å². The minimum Gasteiger partial charge on any atom is -0.493 e. The molecule has 0 spiro atoms. The minimum atomic E-state index is -0.573. The number of nitrogens with zero attached hydrogens (tertiary/aromatic N) is 1. The number of carbonyl (C=O) groups is 1. The molecular weight excluding hydrogens is 431 g/mol. The summed E-state index contributed by atoms with van der Waals surface area (Å²) in [5.41, 5.74) is 2.25. The molecule has 0 unspecified atom stereocenters. The Hall–Kier alpha value is -4.27. The molecule has 0 bridgehead atoms. The molecule has 1 heterocycles. The molecule has 1 N–H and O–H groups in total. The molecule has 4 rings (SSSR count). The zero-order valence-corrected chi connectivity index (χ0v) is 18.2. The summed E-state index contributed by atoms with van der Waals surface area (Å²) in [4.78, 5) is 25.3. The number of hydrogen-bond acceptors (Lipinski definition) is 6. The summed E-state index contributed by atoms with van der Waals surface area (Å²) in [6.07, 6.45) is 0. The van der Waals surface area contributed by atoms with Crippen molar-refractivity contribution in [2.45, 2.75) is 6.54 Å². The number of anilines is 1. The Balaban J connectivity index is 1.65. The van der Waals surface area contributed by atoms with Gasteiger partial charge in [0.1, 0.15) is 5.82 Å². The fourth-order valence-electron chi connectivity index (χ4n) is 3.48. The van der Waals surface area contributed by atoms with E-state index >= 15 is 0 Å². The highest BCUT2D eigenvalue weighted by atomic mass is 19.1. The van der Waals surface area contributed by atoms with E-state index in [1.165, 1.54) is 38.0 Å². The van der Waals surface area contributed by atoms with Gasteiger partial charge in [-0.1, -0.05) is 12.1 Å². The lowest BCUT2D eigenvalue weighted by Gasteiger charge is -2.14. The van der Waals surface area contributed by atoms with Gasteiger partial charge >= 0.3 is 5.76 Å². The first kappa shape index (κ1) is 21.9. The fraction of sp³-hybridized carbons (Fsp3) is 0.167. The Morgan fingerprint density at radius 2 is 1.64 bits per heavy atom. The maximum Gasteiger partial charge on any atom is 0.420 e. The predicted molar refractivity (Wildman–Crippen MR) is 120 cm³/mol. The molecule has 0 saturated carbocycles. The van der Waals surface area contributed by atoms with Gasteiger partial charge in [0.25, 0.3) is 5.91 Å². The fourth-order valence-corrected chi connectivity index (χ4v) is 3.48. The molecule has 33 heavy (non-hydrogen) atoms. The smallest absolute Gasteiger partial charge is 0.420 e. The number of rotatable bonds is 7. The highest BCUT2D eigenvalue weighted by molar-refractivity contribution is 6.06. The van der Waals surface area contributed by atoms with Crippen LogP contribution in [0.1, 0.15) is 15.9 Å². The highest BCUT2D eigenvalue weighted by Crippen LogP contribution is 2.40. The van der Waals surface area contributed by atoms with Crippen LogP contribution in [0, 0.1) is 5.82 Å². The molecule has 1 amide bonds.